The molecule has 2 heterocycles. The second-order valence-electron chi connectivity index (χ2n) is 6.53. The van der Waals surface area contributed by atoms with Crippen molar-refractivity contribution in [3.8, 4) is 11.5 Å². The number of ether oxygens (including phenoxy) is 3. The molecular weight excluding hydrogens is 254 g/mol. The zero-order chi connectivity index (χ0) is 14.4. The average Bonchev–Trinajstić information content (AvgIpc) is 2.37. The average molecular weight is 277 g/mol. The van der Waals surface area contributed by atoms with E-state index in [0.29, 0.717) is 0 Å². The van der Waals surface area contributed by atoms with E-state index in [0.717, 1.165) is 42.9 Å². The second-order valence-corrected chi connectivity index (χ2v) is 6.53. The highest BCUT2D eigenvalue weighted by Gasteiger charge is 2.46. The lowest BCUT2D eigenvalue weighted by molar-refractivity contribution is -0.141. The molecule has 1 aromatic carbocycles. The van der Waals surface area contributed by atoms with Crippen LogP contribution in [0.25, 0.3) is 0 Å². The number of nitrogens with two attached hydrogens (primary N) is 1. The zero-order valence-electron chi connectivity index (χ0n) is 12.4. The molecule has 2 N–H and O–H groups in total. The highest BCUT2D eigenvalue weighted by atomic mass is 16.5. The van der Waals surface area contributed by atoms with Gasteiger partial charge < -0.3 is 19.9 Å². The molecule has 2 aliphatic rings. The molecule has 20 heavy (non-hydrogen) atoms. The Bertz CT molecular complexity index is 514. The minimum Gasteiger partial charge on any atom is -0.497 e. The van der Waals surface area contributed by atoms with Gasteiger partial charge in [-0.1, -0.05) is 0 Å². The van der Waals surface area contributed by atoms with Gasteiger partial charge in [0.2, 0.25) is 0 Å². The summed E-state index contributed by atoms with van der Waals surface area (Å²) in [6.07, 6.45) is 2.61. The summed E-state index contributed by atoms with van der Waals surface area (Å²) in [5.41, 5.74) is 7.09. The largest absolute Gasteiger partial charge is 0.497 e. The van der Waals surface area contributed by atoms with Crippen LogP contribution in [0.1, 0.15) is 44.7 Å². The molecule has 1 unspecified atom stereocenters. The molecule has 1 aromatic rings. The third kappa shape index (κ3) is 2.38. The Morgan fingerprint density at radius 3 is 2.85 bits per heavy atom. The molecule has 0 saturated carbocycles. The summed E-state index contributed by atoms with van der Waals surface area (Å²) in [6.45, 7) is 4.96. The summed E-state index contributed by atoms with van der Waals surface area (Å²) in [5, 5.41) is 0. The van der Waals surface area contributed by atoms with Crippen molar-refractivity contribution in [3.05, 3.63) is 23.8 Å². The van der Waals surface area contributed by atoms with Gasteiger partial charge in [0.25, 0.3) is 0 Å². The van der Waals surface area contributed by atoms with Crippen LogP contribution in [0.15, 0.2) is 18.2 Å². The lowest BCUT2D eigenvalue weighted by Gasteiger charge is -2.48. The van der Waals surface area contributed by atoms with Crippen LogP contribution in [0.3, 0.4) is 0 Å². The van der Waals surface area contributed by atoms with Crippen molar-refractivity contribution in [3.63, 3.8) is 0 Å². The molecular formula is C16H23NO3. The molecule has 0 radical (unpaired) electrons. The van der Waals surface area contributed by atoms with Crippen molar-refractivity contribution >= 4 is 0 Å². The van der Waals surface area contributed by atoms with Gasteiger partial charge in [0.05, 0.1) is 19.3 Å². The van der Waals surface area contributed by atoms with Crippen molar-refractivity contribution in [2.75, 3.05) is 13.7 Å². The van der Waals surface area contributed by atoms with E-state index in [1.54, 1.807) is 7.11 Å². The van der Waals surface area contributed by atoms with Gasteiger partial charge in [0.1, 0.15) is 17.1 Å². The zero-order valence-corrected chi connectivity index (χ0v) is 12.4. The molecule has 1 fully saturated rings. The van der Waals surface area contributed by atoms with Crippen LogP contribution in [-0.4, -0.2) is 24.9 Å². The van der Waals surface area contributed by atoms with Gasteiger partial charge in [0.15, 0.2) is 0 Å². The van der Waals surface area contributed by atoms with E-state index in [4.69, 9.17) is 19.9 Å². The van der Waals surface area contributed by atoms with Crippen molar-refractivity contribution in [1.82, 2.24) is 0 Å². The number of hydrogen-bond donors (Lipinski definition) is 1. The number of rotatable bonds is 1. The number of fused-ring (bicyclic) bond motifs is 1. The minimum absolute atomic E-state index is 0.0113. The monoisotopic (exact) mass is 277 g/mol. The fourth-order valence-electron chi connectivity index (χ4n) is 3.51. The molecule has 2 aliphatic heterocycles. The predicted molar refractivity (Wildman–Crippen MR) is 77.2 cm³/mol. The maximum Gasteiger partial charge on any atom is 0.125 e. The highest BCUT2D eigenvalue weighted by Crippen LogP contribution is 2.47. The smallest absolute Gasteiger partial charge is 0.125 e. The quantitative estimate of drug-likeness (QED) is 0.857. The lowest BCUT2D eigenvalue weighted by atomic mass is 9.77. The van der Waals surface area contributed by atoms with Crippen molar-refractivity contribution in [2.24, 2.45) is 5.73 Å². The van der Waals surface area contributed by atoms with Crippen molar-refractivity contribution in [1.29, 1.82) is 0 Å². The molecule has 4 nitrogen and oxygen atoms in total. The lowest BCUT2D eigenvalue weighted by Crippen LogP contribution is -2.52. The summed E-state index contributed by atoms with van der Waals surface area (Å²) < 4.78 is 17.4. The standard InChI is InChI=1S/C16H23NO3/c1-15(2)10-16(6-7-19-15)9-13(17)12-8-11(18-3)4-5-14(12)20-16/h4-5,8,13H,6-7,9-10,17H2,1-3H3/t13-,16?/m0/s1. The second kappa shape index (κ2) is 4.64. The van der Waals surface area contributed by atoms with Crippen LogP contribution in [-0.2, 0) is 4.74 Å². The highest BCUT2D eigenvalue weighted by molar-refractivity contribution is 5.44. The first-order chi connectivity index (χ1) is 9.43. The van der Waals surface area contributed by atoms with E-state index in [9.17, 15) is 0 Å². The minimum atomic E-state index is -0.192. The molecule has 1 spiro atoms. The van der Waals surface area contributed by atoms with E-state index in [-0.39, 0.29) is 17.2 Å². The topological polar surface area (TPSA) is 53.7 Å². The third-order valence-electron chi connectivity index (χ3n) is 4.33. The van der Waals surface area contributed by atoms with Crippen LogP contribution in [0, 0.1) is 0 Å². The van der Waals surface area contributed by atoms with Gasteiger partial charge in [-0.15, -0.1) is 0 Å². The number of methoxy groups -OCH3 is 1. The summed E-state index contributed by atoms with van der Waals surface area (Å²) in [5.74, 6) is 1.72. The Hall–Kier alpha value is -1.26. The van der Waals surface area contributed by atoms with E-state index in [2.05, 4.69) is 13.8 Å². The Morgan fingerprint density at radius 2 is 2.15 bits per heavy atom. The maximum atomic E-state index is 6.39. The number of benzene rings is 1. The first kappa shape index (κ1) is 13.7. The Balaban J connectivity index is 1.92. The molecule has 110 valence electrons. The summed E-state index contributed by atoms with van der Waals surface area (Å²) >= 11 is 0. The maximum absolute atomic E-state index is 6.39. The number of hydrogen-bond acceptors (Lipinski definition) is 4. The molecule has 4 heteroatoms. The van der Waals surface area contributed by atoms with Gasteiger partial charge in [-0.3, -0.25) is 0 Å². The van der Waals surface area contributed by atoms with Gasteiger partial charge >= 0.3 is 0 Å². The Labute approximate surface area is 120 Å². The third-order valence-corrected chi connectivity index (χ3v) is 4.33. The van der Waals surface area contributed by atoms with Gasteiger partial charge in [-0.25, -0.2) is 0 Å². The first-order valence-corrected chi connectivity index (χ1v) is 7.20. The summed E-state index contributed by atoms with van der Waals surface area (Å²) in [6, 6.07) is 5.87. The van der Waals surface area contributed by atoms with Gasteiger partial charge in [-0.2, -0.15) is 0 Å². The van der Waals surface area contributed by atoms with E-state index in [1.165, 1.54) is 0 Å². The molecule has 0 aliphatic carbocycles. The van der Waals surface area contributed by atoms with Crippen LogP contribution in [0.2, 0.25) is 0 Å². The molecule has 2 atom stereocenters. The summed E-state index contributed by atoms with van der Waals surface area (Å²) in [7, 11) is 1.67. The first-order valence-electron chi connectivity index (χ1n) is 7.20. The molecule has 1 saturated heterocycles. The van der Waals surface area contributed by atoms with Crippen molar-refractivity contribution < 1.29 is 14.2 Å². The predicted octanol–water partition coefficient (Wildman–Crippen LogP) is 2.81. The molecule has 0 amide bonds. The van der Waals surface area contributed by atoms with Crippen LogP contribution in [0.5, 0.6) is 11.5 Å². The van der Waals surface area contributed by atoms with Crippen molar-refractivity contribution in [2.45, 2.75) is 50.4 Å². The fraction of sp³-hybridized carbons (Fsp3) is 0.625. The van der Waals surface area contributed by atoms with Crippen LogP contribution >= 0.6 is 0 Å². The Morgan fingerprint density at radius 1 is 1.35 bits per heavy atom. The molecule has 0 bridgehead atoms. The summed E-state index contributed by atoms with van der Waals surface area (Å²) in [4.78, 5) is 0. The van der Waals surface area contributed by atoms with E-state index in [1.807, 2.05) is 18.2 Å². The SMILES string of the molecule is COc1ccc2c(c1)[C@@H](N)CC1(CCOC(C)(C)C1)O2. The van der Waals surface area contributed by atoms with Gasteiger partial charge in [-0.05, 0) is 32.0 Å². The van der Waals surface area contributed by atoms with E-state index < -0.39 is 0 Å². The molecule has 3 rings (SSSR count). The fourth-order valence-corrected chi connectivity index (χ4v) is 3.51. The van der Waals surface area contributed by atoms with Crippen LogP contribution in [0.4, 0.5) is 0 Å². The van der Waals surface area contributed by atoms with Gasteiger partial charge in [0, 0.05) is 30.9 Å². The van der Waals surface area contributed by atoms with Crippen LogP contribution < -0.4 is 15.2 Å². The Kier molecular flexibility index (Phi) is 3.18. The normalized spacial score (nSPS) is 31.5. The van der Waals surface area contributed by atoms with E-state index >= 15 is 0 Å². The molecule has 0 aromatic heterocycles.